The molecule has 0 aliphatic carbocycles. The Morgan fingerprint density at radius 2 is 0.750 bits per heavy atom. The van der Waals surface area contributed by atoms with E-state index in [2.05, 4.69) is 15.3 Å². The monoisotopic (exact) mass is 1400 g/mol. The minimum Gasteiger partial charge on any atom is -0.464 e. The highest BCUT2D eigenvalue weighted by atomic mass is 35.5. The van der Waals surface area contributed by atoms with Crippen LogP contribution in [-0.2, 0) is 39.8 Å². The van der Waals surface area contributed by atoms with Crippen molar-refractivity contribution in [1.82, 2.24) is 29.3 Å². The van der Waals surface area contributed by atoms with Crippen LogP contribution in [0.4, 0.5) is 0 Å². The van der Waals surface area contributed by atoms with E-state index in [4.69, 9.17) is 39.5 Å². The van der Waals surface area contributed by atoms with Crippen LogP contribution in [-0.4, -0.2) is 97.3 Å². The van der Waals surface area contributed by atoms with E-state index in [1.807, 2.05) is 115 Å². The second kappa shape index (κ2) is 27.2. The maximum Gasteiger partial charge on any atom is 0.358 e. The summed E-state index contributed by atoms with van der Waals surface area (Å²) in [6.45, 7) is 4.85. The number of ketones is 1. The molecular weight excluding hydrogens is 1350 g/mol. The molecule has 6 aromatic carbocycles. The Balaban J connectivity index is 0.000000151. The molecule has 0 atom stereocenters. The third-order valence-electron chi connectivity index (χ3n) is 14.0. The standard InChI is InChI=1S/C23H21ClN2O3S2.C22H17ClN2O4S2.C22H17ClN2O3S2/c1-23(2,27)22-14-19(26(25-22)18-10-5-4-9-17(18)24)21-12-11-20(30-21)15-7-6-8-16(13-15)31(3,28)29;1-29-22(26)17-13-19(25(24-17)18-9-4-3-8-16(18)23)21-11-10-20(30-21)14-6-5-7-15(12-14)31(2,27)28;1-14(26)18-13-20(25(24-18)19-9-4-3-8-17(19)23)22-11-10-21(29-22)15-6-5-7-16(12-15)30(2,27)28/h4-14,27H,1-3H3;3-13H,1-2H3;3-13H,1-2H3. The molecule has 0 amide bonds. The van der Waals surface area contributed by atoms with Gasteiger partial charge >= 0.3 is 5.97 Å². The molecule has 6 heterocycles. The molecule has 0 aliphatic rings. The Morgan fingerprint density at radius 3 is 1.08 bits per heavy atom. The van der Waals surface area contributed by atoms with Crippen LogP contribution in [0.2, 0.25) is 15.1 Å². The predicted molar refractivity (Wildman–Crippen MR) is 368 cm³/mol. The van der Waals surface area contributed by atoms with Crippen LogP contribution in [0.15, 0.2) is 215 Å². The van der Waals surface area contributed by atoms with Gasteiger partial charge in [-0.05, 0) is 152 Å². The summed E-state index contributed by atoms with van der Waals surface area (Å²) in [7, 11) is -8.60. The average Bonchev–Trinajstić information content (AvgIpc) is 1.71. The molecule has 0 spiro atoms. The van der Waals surface area contributed by atoms with Gasteiger partial charge in [-0.1, -0.05) is 108 Å². The third-order valence-corrected chi connectivity index (χ3v) is 21.7. The second-order valence-corrected chi connectivity index (χ2v) is 31.9. The van der Waals surface area contributed by atoms with Gasteiger partial charge in [-0.15, -0.1) is 34.0 Å². The summed E-state index contributed by atoms with van der Waals surface area (Å²) in [5, 5.41) is 25.6. The van der Waals surface area contributed by atoms with Crippen molar-refractivity contribution < 1.29 is 44.7 Å². The Bertz CT molecular complexity index is 5140. The Kier molecular flexibility index (Phi) is 19.8. The van der Waals surface area contributed by atoms with Gasteiger partial charge in [0.15, 0.2) is 41.0 Å². The van der Waals surface area contributed by atoms with Crippen molar-refractivity contribution in [3.63, 3.8) is 0 Å². The number of esters is 1. The molecule has 1 N–H and O–H groups in total. The number of halogens is 3. The predicted octanol–water partition coefficient (Wildman–Crippen LogP) is 16.2. The van der Waals surface area contributed by atoms with Gasteiger partial charge in [-0.3, -0.25) is 4.79 Å². The highest BCUT2D eigenvalue weighted by Crippen LogP contribution is 2.41. The molecule has 0 bridgehead atoms. The minimum absolute atomic E-state index is 0.139. The lowest BCUT2D eigenvalue weighted by molar-refractivity contribution is 0.0593. The summed E-state index contributed by atoms with van der Waals surface area (Å²) < 4.78 is 81.3. The molecule has 92 heavy (non-hydrogen) atoms. The molecule has 16 nitrogen and oxygen atoms in total. The number of benzene rings is 6. The number of para-hydroxylation sites is 3. The van der Waals surface area contributed by atoms with Crippen molar-refractivity contribution >= 4 is 110 Å². The number of carbonyl (C=O) groups is 2. The number of hydrogen-bond donors (Lipinski definition) is 1. The van der Waals surface area contributed by atoms with Crippen LogP contribution < -0.4 is 0 Å². The summed E-state index contributed by atoms with van der Waals surface area (Å²) in [6, 6.07) is 59.3. The number of aliphatic hydroxyl groups is 1. The Labute approximate surface area is 558 Å². The lowest BCUT2D eigenvalue weighted by Gasteiger charge is -2.13. The lowest BCUT2D eigenvalue weighted by atomic mass is 10.1. The summed E-state index contributed by atoms with van der Waals surface area (Å²) in [6.07, 6.45) is 3.58. The van der Waals surface area contributed by atoms with Crippen LogP contribution >= 0.6 is 68.8 Å². The topological polar surface area (TPSA) is 219 Å². The van der Waals surface area contributed by atoms with Gasteiger partial charge < -0.3 is 9.84 Å². The molecule has 0 saturated carbocycles. The zero-order valence-corrected chi connectivity index (χ0v) is 57.1. The summed E-state index contributed by atoms with van der Waals surface area (Å²) >= 11 is 23.6. The van der Waals surface area contributed by atoms with Crippen LogP contribution in [0.1, 0.15) is 47.4 Å². The van der Waals surface area contributed by atoms with Crippen molar-refractivity contribution in [1.29, 1.82) is 0 Å². The number of thiophene rings is 3. The first-order chi connectivity index (χ1) is 43.5. The van der Waals surface area contributed by atoms with E-state index < -0.39 is 41.1 Å². The average molecular weight is 1400 g/mol. The molecule has 0 radical (unpaired) electrons. The molecule has 12 aromatic rings. The molecule has 0 unspecified atom stereocenters. The van der Waals surface area contributed by atoms with E-state index in [-0.39, 0.29) is 26.2 Å². The van der Waals surface area contributed by atoms with Crippen LogP contribution in [0.25, 0.3) is 80.1 Å². The van der Waals surface area contributed by atoms with E-state index in [0.29, 0.717) is 49.2 Å². The Hall–Kier alpha value is -8.13. The maximum atomic E-state index is 12.1. The number of nitrogens with zero attached hydrogens (tertiary/aromatic N) is 6. The van der Waals surface area contributed by atoms with E-state index in [0.717, 1.165) is 57.3 Å². The third kappa shape index (κ3) is 15.2. The molecule has 12 rings (SSSR count). The highest BCUT2D eigenvalue weighted by Gasteiger charge is 2.26. The normalized spacial score (nSPS) is 11.8. The fourth-order valence-electron chi connectivity index (χ4n) is 9.30. The molecular formula is C67H55Cl3N6O10S6. The molecule has 470 valence electrons. The van der Waals surface area contributed by atoms with Gasteiger partial charge in [0.25, 0.3) is 0 Å². The molecule has 0 fully saturated rings. The number of Topliss-reactive ketones (excluding diaryl/α,β-unsaturated/α-hetero) is 1. The number of carbonyl (C=O) groups excluding carboxylic acids is 2. The number of sulfone groups is 3. The second-order valence-electron chi connectivity index (χ2n) is 21.3. The molecule has 0 aliphatic heterocycles. The summed E-state index contributed by atoms with van der Waals surface area (Å²) in [5.74, 6) is -0.690. The van der Waals surface area contributed by atoms with Gasteiger partial charge in [-0.2, -0.15) is 15.3 Å². The van der Waals surface area contributed by atoms with Crippen molar-refractivity contribution in [2.75, 3.05) is 25.9 Å². The van der Waals surface area contributed by atoms with Crippen LogP contribution in [0.5, 0.6) is 0 Å². The first kappa shape index (κ1) is 66.8. The largest absolute Gasteiger partial charge is 0.464 e. The molecule has 25 heteroatoms. The number of methoxy groups -OCH3 is 1. The smallest absolute Gasteiger partial charge is 0.358 e. The lowest BCUT2D eigenvalue weighted by Crippen LogP contribution is -2.16. The van der Waals surface area contributed by atoms with Crippen LogP contribution in [0.3, 0.4) is 0 Å². The van der Waals surface area contributed by atoms with Gasteiger partial charge in [0.1, 0.15) is 11.3 Å². The van der Waals surface area contributed by atoms with Crippen molar-refractivity contribution in [2.24, 2.45) is 0 Å². The van der Waals surface area contributed by atoms with E-state index in [1.54, 1.807) is 113 Å². The minimum atomic E-state index is -3.31. The van der Waals surface area contributed by atoms with Crippen LogP contribution in [0, 0.1) is 0 Å². The molecule has 0 saturated heterocycles. The van der Waals surface area contributed by atoms with E-state index in [1.165, 1.54) is 66.8 Å². The highest BCUT2D eigenvalue weighted by molar-refractivity contribution is 7.91. The fraction of sp³-hybridized carbons (Fsp3) is 0.119. The number of rotatable bonds is 15. The quantitative estimate of drug-likeness (QED) is 0.0747. The first-order valence-electron chi connectivity index (χ1n) is 27.6. The number of aromatic nitrogens is 6. The molecule has 6 aromatic heterocycles. The van der Waals surface area contributed by atoms with Gasteiger partial charge in [0.2, 0.25) is 0 Å². The van der Waals surface area contributed by atoms with Gasteiger partial charge in [0, 0.05) is 46.4 Å². The summed E-state index contributed by atoms with van der Waals surface area (Å²) in [5.41, 5.74) is 6.55. The first-order valence-corrected chi connectivity index (χ1v) is 36.9. The van der Waals surface area contributed by atoms with E-state index in [9.17, 15) is 39.9 Å². The van der Waals surface area contributed by atoms with Gasteiger partial charge in [-0.25, -0.2) is 44.1 Å². The van der Waals surface area contributed by atoms with E-state index >= 15 is 0 Å². The zero-order chi connectivity index (χ0) is 66.0. The Morgan fingerprint density at radius 1 is 0.435 bits per heavy atom. The van der Waals surface area contributed by atoms with Crippen molar-refractivity contribution in [3.05, 3.63) is 232 Å². The summed E-state index contributed by atoms with van der Waals surface area (Å²) in [4.78, 5) is 30.2. The maximum absolute atomic E-state index is 12.1. The zero-order valence-electron chi connectivity index (χ0n) is 49.9. The SMILES string of the molecule is CC(=O)c1cc(-c2ccc(-c3cccc(S(C)(=O)=O)c3)s2)n(-c2ccccc2Cl)n1.CC(C)(O)c1cc(-c2ccc(-c3cccc(S(C)(=O)=O)c3)s2)n(-c2ccccc2Cl)n1.COC(=O)c1cc(-c2ccc(-c3cccc(S(C)(=O)=O)c3)s2)n(-c2ccccc2Cl)n1. The number of hydrogen-bond acceptors (Lipinski definition) is 16. The fourth-order valence-corrected chi connectivity index (χ4v) is 15.0. The van der Waals surface area contributed by atoms with Gasteiger partial charge in [0.05, 0.1) is 91.3 Å². The van der Waals surface area contributed by atoms with Crippen molar-refractivity contribution in [3.8, 4) is 80.1 Å². The number of ether oxygens (including phenoxy) is 1. The van der Waals surface area contributed by atoms with Crippen molar-refractivity contribution in [2.45, 2.75) is 41.1 Å².